The molecule has 136 valence electrons. The van der Waals surface area contributed by atoms with E-state index in [2.05, 4.69) is 0 Å². The lowest BCUT2D eigenvalue weighted by Crippen LogP contribution is -2.52. The number of piperidine rings is 2. The van der Waals surface area contributed by atoms with E-state index in [0.29, 0.717) is 32.5 Å². The van der Waals surface area contributed by atoms with Gasteiger partial charge in [-0.25, -0.2) is 8.78 Å². The van der Waals surface area contributed by atoms with E-state index < -0.39 is 11.8 Å². The first-order valence-electron chi connectivity index (χ1n) is 8.87. The fourth-order valence-corrected chi connectivity index (χ4v) is 3.33. The van der Waals surface area contributed by atoms with Gasteiger partial charge in [0.15, 0.2) is 0 Å². The number of hydrogen-bond acceptors (Lipinski definition) is 3. The first-order chi connectivity index (χ1) is 11.0. The summed E-state index contributed by atoms with van der Waals surface area (Å²) in [6.45, 7) is 7.56. The van der Waals surface area contributed by atoms with Gasteiger partial charge >= 0.3 is 0 Å². The van der Waals surface area contributed by atoms with Crippen LogP contribution in [0.4, 0.5) is 8.78 Å². The van der Waals surface area contributed by atoms with Crippen molar-refractivity contribution < 1.29 is 18.3 Å². The van der Waals surface area contributed by atoms with Crippen molar-refractivity contribution in [3.05, 3.63) is 0 Å². The van der Waals surface area contributed by atoms with E-state index in [1.807, 2.05) is 13.8 Å². The van der Waals surface area contributed by atoms with Gasteiger partial charge in [0.05, 0.1) is 19.2 Å². The molecule has 2 fully saturated rings. The number of carbonyl (C=O) groups is 1. The lowest BCUT2D eigenvalue weighted by atomic mass is 9.90. The van der Waals surface area contributed by atoms with Crippen molar-refractivity contribution >= 4 is 5.91 Å². The highest BCUT2D eigenvalue weighted by Gasteiger charge is 2.43. The van der Waals surface area contributed by atoms with Gasteiger partial charge in [-0.05, 0) is 32.2 Å². The van der Waals surface area contributed by atoms with Crippen molar-refractivity contribution in [2.75, 3.05) is 39.8 Å². The van der Waals surface area contributed by atoms with Gasteiger partial charge < -0.3 is 9.64 Å². The van der Waals surface area contributed by atoms with Crippen LogP contribution in [0.5, 0.6) is 0 Å². The Morgan fingerprint density at radius 3 is 2.26 bits per heavy atom. The molecule has 2 aliphatic heterocycles. The Hall–Kier alpha value is -0.750. The zero-order valence-electron chi connectivity index (χ0n) is 15.0. The average molecular weight is 334 g/mol. The molecule has 0 radical (unpaired) electrons. The summed E-state index contributed by atoms with van der Waals surface area (Å²) in [7, 11) is 1.68. The topological polar surface area (TPSA) is 32.8 Å². The lowest BCUT2D eigenvalue weighted by Gasteiger charge is -2.39. The maximum atomic E-state index is 13.9. The van der Waals surface area contributed by atoms with Crippen LogP contribution in [-0.2, 0) is 9.53 Å². The molecule has 1 atom stereocenters. The maximum absolute atomic E-state index is 13.9. The minimum atomic E-state index is -2.67. The molecule has 0 bridgehead atoms. The van der Waals surface area contributed by atoms with Crippen LogP contribution in [0.3, 0.4) is 0 Å². The first-order valence-corrected chi connectivity index (χ1v) is 8.87. The Kier molecular flexibility index (Phi) is 8.40. The smallest absolute Gasteiger partial charge is 0.263 e. The highest BCUT2D eigenvalue weighted by atomic mass is 19.3. The third-order valence-corrected chi connectivity index (χ3v) is 4.81. The summed E-state index contributed by atoms with van der Waals surface area (Å²) in [5.41, 5.74) is 0. The molecule has 2 saturated heterocycles. The van der Waals surface area contributed by atoms with Crippen molar-refractivity contribution in [1.82, 2.24) is 9.80 Å². The number of amides is 1. The number of ether oxygens (including phenoxy) is 1. The molecule has 2 aliphatic rings. The second-order valence-electron chi connectivity index (χ2n) is 6.18. The third-order valence-electron chi connectivity index (χ3n) is 4.81. The van der Waals surface area contributed by atoms with Gasteiger partial charge in [0.1, 0.15) is 0 Å². The van der Waals surface area contributed by atoms with Crippen LogP contribution in [0.2, 0.25) is 0 Å². The van der Waals surface area contributed by atoms with Gasteiger partial charge in [-0.1, -0.05) is 20.8 Å². The summed E-state index contributed by atoms with van der Waals surface area (Å²) in [6, 6.07) is 0. The largest absolute Gasteiger partial charge is 0.381 e. The fourth-order valence-electron chi connectivity index (χ4n) is 3.33. The molecule has 4 nitrogen and oxygen atoms in total. The fraction of sp³-hybridized carbons (Fsp3) is 0.941. The Morgan fingerprint density at radius 1 is 1.17 bits per heavy atom. The molecular weight excluding hydrogens is 302 g/mol. The maximum Gasteiger partial charge on any atom is 0.263 e. The number of hydrogen-bond donors (Lipinski definition) is 0. The molecule has 0 aromatic rings. The zero-order chi connectivity index (χ0) is 17.5. The van der Waals surface area contributed by atoms with Crippen molar-refractivity contribution in [2.45, 2.75) is 58.5 Å². The van der Waals surface area contributed by atoms with Gasteiger partial charge in [0, 0.05) is 26.1 Å². The highest BCUT2D eigenvalue weighted by Crippen LogP contribution is 2.34. The normalized spacial score (nSPS) is 25.7. The molecule has 23 heavy (non-hydrogen) atoms. The predicted molar refractivity (Wildman–Crippen MR) is 87.7 cm³/mol. The van der Waals surface area contributed by atoms with Crippen LogP contribution in [0.25, 0.3) is 0 Å². The van der Waals surface area contributed by atoms with Crippen LogP contribution < -0.4 is 0 Å². The van der Waals surface area contributed by atoms with Gasteiger partial charge in [-0.2, -0.15) is 0 Å². The SMILES string of the molecule is CC.CCC1CCN(CC(=O)N2CCC(OC)CC2)CC1(F)F. The highest BCUT2D eigenvalue weighted by molar-refractivity contribution is 5.78. The van der Waals surface area contributed by atoms with E-state index in [0.717, 1.165) is 12.8 Å². The number of carbonyl (C=O) groups excluding carboxylic acids is 1. The molecule has 0 aliphatic carbocycles. The quantitative estimate of drug-likeness (QED) is 0.792. The summed E-state index contributed by atoms with van der Waals surface area (Å²) in [4.78, 5) is 15.6. The van der Waals surface area contributed by atoms with E-state index in [1.165, 1.54) is 0 Å². The third kappa shape index (κ3) is 5.68. The number of nitrogens with zero attached hydrogens (tertiary/aromatic N) is 2. The summed E-state index contributed by atoms with van der Waals surface area (Å²) >= 11 is 0. The van der Waals surface area contributed by atoms with Crippen molar-refractivity contribution in [1.29, 1.82) is 0 Å². The molecule has 1 unspecified atom stereocenters. The van der Waals surface area contributed by atoms with Crippen molar-refractivity contribution in [2.24, 2.45) is 5.92 Å². The van der Waals surface area contributed by atoms with Crippen LogP contribution in [0, 0.1) is 5.92 Å². The average Bonchev–Trinajstić information content (AvgIpc) is 2.56. The summed E-state index contributed by atoms with van der Waals surface area (Å²) < 4.78 is 33.1. The summed E-state index contributed by atoms with van der Waals surface area (Å²) in [5, 5.41) is 0. The predicted octanol–water partition coefficient (Wildman–Crippen LogP) is 3.02. The van der Waals surface area contributed by atoms with Gasteiger partial charge in [0.25, 0.3) is 5.92 Å². The Morgan fingerprint density at radius 2 is 1.78 bits per heavy atom. The van der Waals surface area contributed by atoms with Gasteiger partial charge in [0.2, 0.25) is 5.91 Å². The number of alkyl halides is 2. The monoisotopic (exact) mass is 334 g/mol. The van der Waals surface area contributed by atoms with Crippen molar-refractivity contribution in [3.8, 4) is 0 Å². The number of methoxy groups -OCH3 is 1. The van der Waals surface area contributed by atoms with E-state index in [1.54, 1.807) is 23.8 Å². The first kappa shape index (κ1) is 20.3. The molecule has 2 rings (SSSR count). The zero-order valence-corrected chi connectivity index (χ0v) is 15.0. The van der Waals surface area contributed by atoms with Crippen molar-refractivity contribution in [3.63, 3.8) is 0 Å². The number of rotatable bonds is 4. The van der Waals surface area contributed by atoms with E-state index in [9.17, 15) is 13.6 Å². The van der Waals surface area contributed by atoms with Crippen LogP contribution in [0.1, 0.15) is 46.5 Å². The molecule has 0 aromatic carbocycles. The van der Waals surface area contributed by atoms with Gasteiger partial charge in [-0.15, -0.1) is 0 Å². The minimum Gasteiger partial charge on any atom is -0.381 e. The lowest BCUT2D eigenvalue weighted by molar-refractivity contribution is -0.141. The number of halogens is 2. The van der Waals surface area contributed by atoms with Crippen LogP contribution in [-0.4, -0.2) is 67.6 Å². The molecule has 0 N–H and O–H groups in total. The Balaban J connectivity index is 0.00000127. The molecular formula is C17H32F2N2O2. The molecule has 6 heteroatoms. The van der Waals surface area contributed by atoms with Crippen LogP contribution in [0.15, 0.2) is 0 Å². The minimum absolute atomic E-state index is 0.0321. The van der Waals surface area contributed by atoms with E-state index in [4.69, 9.17) is 4.74 Å². The van der Waals surface area contributed by atoms with Crippen LogP contribution >= 0.6 is 0 Å². The molecule has 0 saturated carbocycles. The van der Waals surface area contributed by atoms with Gasteiger partial charge in [-0.3, -0.25) is 9.69 Å². The second kappa shape index (κ2) is 9.52. The molecule has 0 spiro atoms. The Bertz CT molecular complexity index is 359. The second-order valence-corrected chi connectivity index (χ2v) is 6.18. The van der Waals surface area contributed by atoms with E-state index >= 15 is 0 Å². The molecule has 0 aromatic heterocycles. The summed E-state index contributed by atoms with van der Waals surface area (Å²) in [5.74, 6) is -3.24. The standard InChI is InChI=1S/C15H26F2N2O2.C2H6/c1-3-12-4-7-18(11-15(12,16)17)10-14(20)19-8-5-13(21-2)6-9-19;1-2/h12-13H,3-11H2,1-2H3;1-2H3. The molecule has 2 heterocycles. The van der Waals surface area contributed by atoms with E-state index in [-0.39, 0.29) is 25.1 Å². The summed E-state index contributed by atoms with van der Waals surface area (Å²) in [6.07, 6.45) is 2.85. The molecule has 1 amide bonds. The number of likely N-dealkylation sites (tertiary alicyclic amines) is 2. The Labute approximate surface area is 139 Å².